The van der Waals surface area contributed by atoms with Gasteiger partial charge in [-0.3, -0.25) is 9.48 Å². The molecule has 0 saturated carbocycles. The first-order valence-corrected chi connectivity index (χ1v) is 12.8. The smallest absolute Gasteiger partial charge is 0.257 e. The van der Waals surface area contributed by atoms with Gasteiger partial charge in [-0.25, -0.2) is 4.68 Å². The van der Waals surface area contributed by atoms with E-state index in [1.807, 2.05) is 78.3 Å². The third-order valence-electron chi connectivity index (χ3n) is 6.09. The molecule has 1 fully saturated rings. The number of nitrogens with zero attached hydrogens (tertiary/aromatic N) is 6. The van der Waals surface area contributed by atoms with Crippen molar-refractivity contribution in [3.63, 3.8) is 0 Å². The van der Waals surface area contributed by atoms with Gasteiger partial charge in [0.25, 0.3) is 5.91 Å². The Morgan fingerprint density at radius 3 is 2.80 bits per heavy atom. The Balaban J connectivity index is 1.31. The second-order valence-corrected chi connectivity index (χ2v) is 10.3. The van der Waals surface area contributed by atoms with Crippen molar-refractivity contribution < 1.29 is 9.53 Å². The second-order valence-electron chi connectivity index (χ2n) is 8.54. The van der Waals surface area contributed by atoms with Crippen molar-refractivity contribution in [2.45, 2.75) is 26.5 Å². The number of aryl methyl sites for hydroxylation is 1. The van der Waals surface area contributed by atoms with E-state index in [4.69, 9.17) is 4.74 Å². The highest BCUT2D eigenvalue weighted by Crippen LogP contribution is 2.26. The zero-order valence-corrected chi connectivity index (χ0v) is 22.5. The third kappa shape index (κ3) is 5.10. The predicted molar refractivity (Wildman–Crippen MR) is 139 cm³/mol. The average molecular weight is 600 g/mol. The summed E-state index contributed by atoms with van der Waals surface area (Å²) in [6, 6.07) is 14.0. The highest BCUT2D eigenvalue weighted by molar-refractivity contribution is 9.10. The van der Waals surface area contributed by atoms with Crippen LogP contribution in [0.2, 0.25) is 0 Å². The quantitative estimate of drug-likeness (QED) is 0.327. The van der Waals surface area contributed by atoms with Gasteiger partial charge in [-0.2, -0.15) is 5.10 Å². The third-order valence-corrected chi connectivity index (χ3v) is 7.44. The summed E-state index contributed by atoms with van der Waals surface area (Å²) < 4.78 is 11.5. The van der Waals surface area contributed by atoms with Crippen LogP contribution in [0, 0.1) is 13.8 Å². The van der Waals surface area contributed by atoms with Gasteiger partial charge in [0, 0.05) is 21.7 Å². The average Bonchev–Trinajstić information content (AvgIpc) is 3.47. The zero-order chi connectivity index (χ0) is 24.5. The van der Waals surface area contributed by atoms with Crippen LogP contribution in [-0.2, 0) is 11.3 Å². The molecule has 1 aliphatic heterocycles. The van der Waals surface area contributed by atoms with Gasteiger partial charge in [0.15, 0.2) is 0 Å². The summed E-state index contributed by atoms with van der Waals surface area (Å²) in [5.41, 5.74) is 5.13. The fraction of sp³-hybridized carbons (Fsp3) is 0.280. The first-order chi connectivity index (χ1) is 16.9. The van der Waals surface area contributed by atoms with E-state index in [9.17, 15) is 4.79 Å². The van der Waals surface area contributed by atoms with Gasteiger partial charge in [-0.1, -0.05) is 55.3 Å². The number of morpholine rings is 1. The van der Waals surface area contributed by atoms with Gasteiger partial charge in [0.05, 0.1) is 42.8 Å². The van der Waals surface area contributed by atoms with Crippen LogP contribution in [0.5, 0.6) is 0 Å². The minimum atomic E-state index is -0.342. The molecule has 3 heterocycles. The minimum Gasteiger partial charge on any atom is -0.368 e. The Bertz CT molecular complexity index is 1380. The fourth-order valence-corrected chi connectivity index (χ4v) is 5.00. The van der Waals surface area contributed by atoms with E-state index in [1.54, 1.807) is 4.68 Å². The van der Waals surface area contributed by atoms with Crippen LogP contribution in [0.1, 0.15) is 39.0 Å². The van der Waals surface area contributed by atoms with Crippen LogP contribution in [-0.4, -0.2) is 55.3 Å². The first kappa shape index (κ1) is 23.9. The summed E-state index contributed by atoms with van der Waals surface area (Å²) in [7, 11) is 0. The lowest BCUT2D eigenvalue weighted by Gasteiger charge is -2.31. The maximum Gasteiger partial charge on any atom is 0.257 e. The Labute approximate surface area is 220 Å². The summed E-state index contributed by atoms with van der Waals surface area (Å²) in [5, 5.41) is 13.2. The molecule has 4 aromatic rings. The number of aromatic nitrogens is 5. The Hall–Kier alpha value is -2.82. The molecule has 1 atom stereocenters. The zero-order valence-electron chi connectivity index (χ0n) is 19.4. The van der Waals surface area contributed by atoms with Crippen molar-refractivity contribution in [3.8, 4) is 5.69 Å². The maximum atomic E-state index is 13.4. The van der Waals surface area contributed by atoms with Crippen LogP contribution < -0.4 is 0 Å². The van der Waals surface area contributed by atoms with Crippen LogP contribution >= 0.6 is 31.9 Å². The molecule has 0 spiro atoms. The van der Waals surface area contributed by atoms with E-state index in [0.717, 1.165) is 25.8 Å². The molecule has 5 rings (SSSR count). The molecule has 0 bridgehead atoms. The van der Waals surface area contributed by atoms with Gasteiger partial charge < -0.3 is 9.64 Å². The van der Waals surface area contributed by atoms with Crippen LogP contribution in [0.4, 0.5) is 0 Å². The molecule has 2 aromatic heterocycles. The summed E-state index contributed by atoms with van der Waals surface area (Å²) in [4.78, 5) is 15.2. The first-order valence-electron chi connectivity index (χ1n) is 11.3. The topological polar surface area (TPSA) is 78.1 Å². The molecule has 0 radical (unpaired) electrons. The van der Waals surface area contributed by atoms with Gasteiger partial charge in [0.1, 0.15) is 11.8 Å². The van der Waals surface area contributed by atoms with Crippen molar-refractivity contribution >= 4 is 37.8 Å². The molecular weight excluding hydrogens is 576 g/mol. The van der Waals surface area contributed by atoms with Crippen LogP contribution in [0.3, 0.4) is 0 Å². The van der Waals surface area contributed by atoms with Crippen molar-refractivity contribution in [1.82, 2.24) is 29.7 Å². The number of carbonyl (C=O) groups is 1. The number of benzene rings is 2. The lowest BCUT2D eigenvalue weighted by molar-refractivity contribution is -0.0248. The lowest BCUT2D eigenvalue weighted by atomic mass is 10.1. The molecule has 1 unspecified atom stereocenters. The molecule has 2 aromatic carbocycles. The molecular formula is C25H24Br2N6O2. The van der Waals surface area contributed by atoms with Crippen molar-refractivity contribution in [1.29, 1.82) is 0 Å². The predicted octanol–water partition coefficient (Wildman–Crippen LogP) is 4.87. The monoisotopic (exact) mass is 598 g/mol. The van der Waals surface area contributed by atoms with E-state index in [1.165, 1.54) is 0 Å². The number of rotatable bonds is 5. The van der Waals surface area contributed by atoms with Gasteiger partial charge >= 0.3 is 0 Å². The van der Waals surface area contributed by atoms with Gasteiger partial charge in [0.2, 0.25) is 0 Å². The second kappa shape index (κ2) is 10.0. The summed E-state index contributed by atoms with van der Waals surface area (Å²) in [5.74, 6) is -0.0495. The molecule has 0 aliphatic carbocycles. The number of ether oxygens (including phenoxy) is 1. The van der Waals surface area contributed by atoms with E-state index in [-0.39, 0.29) is 12.0 Å². The van der Waals surface area contributed by atoms with E-state index >= 15 is 0 Å². The maximum absolute atomic E-state index is 13.4. The van der Waals surface area contributed by atoms with Crippen LogP contribution in [0.15, 0.2) is 63.8 Å². The SMILES string of the molecule is Cc1nn(Cc2cccc(Br)c2)cc1C(=O)N1CCOC(c2cn(-c3cccc(Br)c3C)nn2)C1. The van der Waals surface area contributed by atoms with E-state index < -0.39 is 0 Å². The minimum absolute atomic E-state index is 0.0495. The molecule has 1 saturated heterocycles. The largest absolute Gasteiger partial charge is 0.368 e. The highest BCUT2D eigenvalue weighted by atomic mass is 79.9. The van der Waals surface area contributed by atoms with Crippen LogP contribution in [0.25, 0.3) is 5.69 Å². The Kier molecular flexibility index (Phi) is 6.86. The van der Waals surface area contributed by atoms with Crippen molar-refractivity contribution in [2.75, 3.05) is 19.7 Å². The molecule has 1 amide bonds. The fourth-order valence-electron chi connectivity index (χ4n) is 4.20. The number of amides is 1. The molecule has 0 N–H and O–H groups in total. The highest BCUT2D eigenvalue weighted by Gasteiger charge is 2.29. The molecule has 1 aliphatic rings. The van der Waals surface area contributed by atoms with Crippen molar-refractivity contribution in [2.24, 2.45) is 0 Å². The van der Waals surface area contributed by atoms with Gasteiger partial charge in [-0.15, -0.1) is 5.10 Å². The standard InChI is InChI=1S/C25H24Br2N6O2/c1-16-21(27)7-4-8-23(16)33-14-22(28-30-33)24-15-31(9-10-35-24)25(34)20-13-32(29-17(20)2)12-18-5-3-6-19(26)11-18/h3-8,11,13-14,24H,9-10,12,15H2,1-2H3. The Morgan fingerprint density at radius 2 is 1.97 bits per heavy atom. The van der Waals surface area contributed by atoms with Gasteiger partial charge in [-0.05, 0) is 49.2 Å². The lowest BCUT2D eigenvalue weighted by Crippen LogP contribution is -2.42. The van der Waals surface area contributed by atoms with Crippen molar-refractivity contribution in [3.05, 3.63) is 91.9 Å². The molecule has 8 nitrogen and oxygen atoms in total. The van der Waals surface area contributed by atoms with E-state index in [2.05, 4.69) is 47.3 Å². The number of hydrogen-bond acceptors (Lipinski definition) is 5. The summed E-state index contributed by atoms with van der Waals surface area (Å²) >= 11 is 7.06. The molecule has 180 valence electrons. The summed E-state index contributed by atoms with van der Waals surface area (Å²) in [6.45, 7) is 5.85. The normalized spacial score (nSPS) is 16.0. The Morgan fingerprint density at radius 1 is 1.14 bits per heavy atom. The molecule has 10 heteroatoms. The number of carbonyl (C=O) groups excluding carboxylic acids is 1. The summed E-state index contributed by atoms with van der Waals surface area (Å²) in [6.07, 6.45) is 3.36. The number of halogens is 2. The molecule has 35 heavy (non-hydrogen) atoms. The van der Waals surface area contributed by atoms with E-state index in [0.29, 0.717) is 43.2 Å². The number of hydrogen-bond donors (Lipinski definition) is 0.